The van der Waals surface area contributed by atoms with Crippen molar-refractivity contribution in [2.45, 2.75) is 149 Å². The van der Waals surface area contributed by atoms with Crippen LogP contribution in [0, 0.1) is 51.7 Å². The van der Waals surface area contributed by atoms with Crippen LogP contribution in [0.15, 0.2) is 289 Å². The molecule has 3 heterocycles. The number of anilines is 4. The standard InChI is InChI=1S/C22H30O2S.C21H22N4O.C17H16N4O3.C14H14O4S.C14H14O2S.C12H10O3/c1-13-9-15(11-17(19(13)23)21(3,4)5)25-16-10-14(2)20(24)18(12-16)22(6,7)8;26-21(24-17-7-1-5-15(13-17)19-9-3-11-22-19)25-18-8-2-6-16(14-18)20-10-4-12-23-20;22-17(19-13-6-8-15(9-7-13)21(23)24)20-14-4-1-3-12(11-14)16-5-2-10-18-16;1-9-7-11(3-5-13(9)15)19(17,18)12-4-6-14(16)10(2)8-12;1-9-7-11(15)3-5-13(9)17-14-6-4-12(16)8-10(14)2;13-9-1-5-11(6-2-9)15-12-7-3-10(14)4-8-12/h9-12,23-24H,1-8H3;1-2,5-9,13-14,22H,3-4,10-12H2,(H2,24,25,26);1,3-9,11,18H,2,10H2,(H2,19,20,22);3-8,15-16H,1-2H3;3-8,15-16H,1-2H3;1-8,13-14H. The van der Waals surface area contributed by atoms with Crippen molar-refractivity contribution < 1.29 is 68.5 Å². The van der Waals surface area contributed by atoms with Gasteiger partial charge in [0.05, 0.1) is 14.7 Å². The number of non-ortho nitro benzene ring substituents is 1. The first-order valence-electron chi connectivity index (χ1n) is 40.7. The number of aliphatic imine (C=N–C) groups is 1. The summed E-state index contributed by atoms with van der Waals surface area (Å²) in [6, 6.07) is 68.3. The number of carbonyl (C=O) groups excluding carboxylic acids is 2. The molecule has 0 spiro atoms. The highest BCUT2D eigenvalue weighted by Gasteiger charge is 2.25. The van der Waals surface area contributed by atoms with Gasteiger partial charge in [0.2, 0.25) is 9.84 Å². The average Bonchev–Trinajstić information content (AvgIpc) is 1.07. The van der Waals surface area contributed by atoms with Crippen LogP contribution in [0.2, 0.25) is 0 Å². The minimum Gasteiger partial charge on any atom is -0.508 e. The smallest absolute Gasteiger partial charge is 0.323 e. The molecule has 0 saturated heterocycles. The van der Waals surface area contributed by atoms with Gasteiger partial charge in [-0.25, -0.2) is 18.0 Å². The molecule has 3 aliphatic heterocycles. The fourth-order valence-electron chi connectivity index (χ4n) is 13.2. The van der Waals surface area contributed by atoms with Gasteiger partial charge in [0.25, 0.3) is 5.69 Å². The lowest BCUT2D eigenvalue weighted by molar-refractivity contribution is -0.384. The zero-order valence-corrected chi connectivity index (χ0v) is 74.7. The average molecular weight is 1760 g/mol. The molecular formula is C100H106N8O15S3. The molecule has 12 aromatic rings. The van der Waals surface area contributed by atoms with Crippen LogP contribution in [0.4, 0.5) is 38.0 Å². The Bertz CT molecular complexity index is 5820. The van der Waals surface area contributed by atoms with E-state index in [0.29, 0.717) is 45.5 Å². The third kappa shape index (κ3) is 27.3. The number of hydrogen-bond acceptors (Lipinski definition) is 20. The topological polar surface area (TPSA) is 367 Å². The third-order valence-corrected chi connectivity index (χ3v) is 24.0. The molecule has 26 heteroatoms. The second kappa shape index (κ2) is 43.0. The molecule has 0 unspecified atom stereocenters. The number of carbonyl (C=O) groups is 2. The number of aryl methyl sites for hydroxylation is 6. The maximum absolute atomic E-state index is 12.4. The summed E-state index contributed by atoms with van der Waals surface area (Å²) < 4.78 is 30.3. The summed E-state index contributed by atoms with van der Waals surface area (Å²) in [7, 11) is -3.64. The molecule has 654 valence electrons. The van der Waals surface area contributed by atoms with Crippen LogP contribution in [-0.2, 0) is 20.7 Å². The lowest BCUT2D eigenvalue weighted by Gasteiger charge is -2.24. The summed E-state index contributed by atoms with van der Waals surface area (Å²) in [5, 5.41) is 105. The summed E-state index contributed by atoms with van der Waals surface area (Å²) >= 11 is 3.31. The number of nitrogens with zero attached hydrogens (tertiary/aromatic N) is 2. The molecule has 12 aromatic carbocycles. The van der Waals surface area contributed by atoms with E-state index in [1.807, 2.05) is 119 Å². The number of sulfone groups is 1. The Morgan fingerprint density at radius 3 is 1.20 bits per heavy atom. The molecular weight excluding hydrogens is 1650 g/mol. The second-order valence-electron chi connectivity index (χ2n) is 32.2. The number of amides is 4. The van der Waals surface area contributed by atoms with Crippen LogP contribution in [0.1, 0.15) is 128 Å². The lowest BCUT2D eigenvalue weighted by atomic mass is 9.85. The predicted molar refractivity (Wildman–Crippen MR) is 504 cm³/mol. The summed E-state index contributed by atoms with van der Waals surface area (Å²) in [6.45, 7) is 26.5. The molecule has 0 aromatic heterocycles. The molecule has 4 amide bonds. The molecule has 0 radical (unpaired) electrons. The van der Waals surface area contributed by atoms with E-state index in [4.69, 9.17) is 14.9 Å². The van der Waals surface area contributed by atoms with Gasteiger partial charge < -0.3 is 77.5 Å². The zero-order valence-electron chi connectivity index (χ0n) is 72.3. The largest absolute Gasteiger partial charge is 0.508 e. The highest BCUT2D eigenvalue weighted by Crippen LogP contribution is 2.43. The van der Waals surface area contributed by atoms with Crippen molar-refractivity contribution in [2.24, 2.45) is 4.99 Å². The van der Waals surface area contributed by atoms with Gasteiger partial charge in [0, 0.05) is 102 Å². The van der Waals surface area contributed by atoms with Crippen molar-refractivity contribution in [3.8, 4) is 57.5 Å². The Labute approximate surface area is 743 Å². The van der Waals surface area contributed by atoms with Gasteiger partial charge in [0.15, 0.2) is 0 Å². The number of nitro groups is 1. The number of urea groups is 2. The van der Waals surface area contributed by atoms with Crippen LogP contribution < -0.4 is 36.6 Å². The Morgan fingerprint density at radius 1 is 0.437 bits per heavy atom. The number of nitro benzene ring substituents is 1. The van der Waals surface area contributed by atoms with Crippen molar-refractivity contribution in [2.75, 3.05) is 40.9 Å². The molecule has 0 bridgehead atoms. The van der Waals surface area contributed by atoms with Crippen molar-refractivity contribution in [3.05, 3.63) is 326 Å². The van der Waals surface area contributed by atoms with Crippen LogP contribution in [0.25, 0.3) is 11.4 Å². The summed E-state index contributed by atoms with van der Waals surface area (Å²) in [5.41, 5.74) is 15.7. The third-order valence-electron chi connectivity index (χ3n) is 19.9. The van der Waals surface area contributed by atoms with Gasteiger partial charge in [-0.15, -0.1) is 0 Å². The molecule has 23 nitrogen and oxygen atoms in total. The minimum absolute atomic E-state index is 0.0222. The summed E-state index contributed by atoms with van der Waals surface area (Å²) in [5.74, 6) is 3.13. The van der Waals surface area contributed by atoms with Crippen LogP contribution in [-0.4, -0.2) is 91.6 Å². The monoisotopic (exact) mass is 1750 g/mol. The first-order chi connectivity index (χ1) is 59.8. The molecule has 0 fully saturated rings. The zero-order chi connectivity index (χ0) is 91.2. The molecule has 126 heavy (non-hydrogen) atoms. The van der Waals surface area contributed by atoms with E-state index in [9.17, 15) is 58.8 Å². The van der Waals surface area contributed by atoms with Crippen molar-refractivity contribution >= 4 is 91.0 Å². The van der Waals surface area contributed by atoms with E-state index in [-0.39, 0.29) is 66.8 Å². The predicted octanol–water partition coefficient (Wildman–Crippen LogP) is 23.6. The van der Waals surface area contributed by atoms with E-state index in [1.54, 1.807) is 116 Å². The van der Waals surface area contributed by atoms with Gasteiger partial charge >= 0.3 is 12.1 Å². The van der Waals surface area contributed by atoms with E-state index >= 15 is 0 Å². The van der Waals surface area contributed by atoms with Gasteiger partial charge in [-0.1, -0.05) is 114 Å². The molecule has 0 aliphatic carbocycles. The van der Waals surface area contributed by atoms with Crippen molar-refractivity contribution in [1.29, 1.82) is 0 Å². The van der Waals surface area contributed by atoms with Crippen molar-refractivity contribution in [3.63, 3.8) is 0 Å². The second-order valence-corrected chi connectivity index (χ2v) is 36.3. The van der Waals surface area contributed by atoms with Crippen LogP contribution in [0.5, 0.6) is 57.5 Å². The summed E-state index contributed by atoms with van der Waals surface area (Å²) in [4.78, 5) is 43.7. The minimum atomic E-state index is -3.64. The first-order valence-corrected chi connectivity index (χ1v) is 43.8. The number of ether oxygens (including phenoxy) is 1. The maximum atomic E-state index is 12.4. The quantitative estimate of drug-likeness (QED) is 0.0316. The molecule has 0 atom stereocenters. The van der Waals surface area contributed by atoms with E-state index in [1.165, 1.54) is 60.7 Å². The Kier molecular flexibility index (Phi) is 32.2. The Balaban J connectivity index is 0.000000159. The normalized spacial score (nSPS) is 12.5. The van der Waals surface area contributed by atoms with E-state index in [2.05, 4.69) is 103 Å². The van der Waals surface area contributed by atoms with Gasteiger partial charge in [0.1, 0.15) is 57.5 Å². The number of benzene rings is 12. The number of aromatic hydroxyl groups is 8. The number of nitrogens with one attached hydrogen (secondary N) is 6. The number of rotatable bonds is 16. The van der Waals surface area contributed by atoms with Gasteiger partial charge in [-0.2, -0.15) is 0 Å². The number of hydrogen-bond donors (Lipinski definition) is 14. The molecule has 14 N–H and O–H groups in total. The number of phenolic OH excluding ortho intramolecular Hbond substituents is 8. The van der Waals surface area contributed by atoms with Crippen LogP contribution in [0.3, 0.4) is 0 Å². The Hall–Kier alpha value is -13.8. The van der Waals surface area contributed by atoms with Gasteiger partial charge in [-0.05, 0) is 322 Å². The van der Waals surface area contributed by atoms with Gasteiger partial charge in [-0.3, -0.25) is 15.1 Å². The lowest BCUT2D eigenvalue weighted by Crippen LogP contribution is -2.19. The first kappa shape index (κ1) is 94.4. The number of phenols is 8. The molecule has 0 saturated carbocycles. The molecule has 3 aliphatic rings. The van der Waals surface area contributed by atoms with E-state index < -0.39 is 20.8 Å². The highest BCUT2D eigenvalue weighted by atomic mass is 32.2. The molecule has 15 rings (SSSR count). The highest BCUT2D eigenvalue weighted by molar-refractivity contribution is 7.99. The van der Waals surface area contributed by atoms with E-state index in [0.717, 1.165) is 143 Å². The maximum Gasteiger partial charge on any atom is 0.323 e. The summed E-state index contributed by atoms with van der Waals surface area (Å²) in [6.07, 6.45) is 8.44. The van der Waals surface area contributed by atoms with Crippen LogP contribution >= 0.6 is 23.5 Å². The fraction of sp³-hybridized carbons (Fsp3) is 0.210. The SMILES string of the molecule is Cc1cc(O)ccc1Sc1ccc(O)cc1C.Cc1cc(S(=O)(=O)c2ccc(O)c(C)c2)ccc1O.Cc1cc(Sc2cc(C)c(O)c(C(C)(C)C)c2)cc(C(C)(C)C)c1O.O=C(Nc1ccc([N+](=O)[O-])cc1)Nc1cccc(C2=CCCN2)c1.O=C(Nc1cccc(C2=CCCN2)c1)Nc1cccc(C2=NCCC2)c1.Oc1ccc(Oc2ccc(O)cc2)cc1. The van der Waals surface area contributed by atoms with Crippen molar-refractivity contribution in [1.82, 2.24) is 10.6 Å². The Morgan fingerprint density at radius 2 is 0.833 bits per heavy atom. The fourth-order valence-corrected chi connectivity index (χ4v) is 16.6.